The van der Waals surface area contributed by atoms with Gasteiger partial charge in [-0.05, 0) is 37.9 Å². The van der Waals surface area contributed by atoms with E-state index in [2.05, 4.69) is 4.98 Å². The van der Waals surface area contributed by atoms with Gasteiger partial charge in [-0.1, -0.05) is 12.1 Å². The third-order valence-electron chi connectivity index (χ3n) is 4.26. The van der Waals surface area contributed by atoms with Crippen LogP contribution in [0.2, 0.25) is 0 Å². The average molecular weight is 363 g/mol. The van der Waals surface area contributed by atoms with Crippen LogP contribution in [0.15, 0.2) is 29.6 Å². The molecular formula is C18H22FN3O2S. The van der Waals surface area contributed by atoms with Crippen LogP contribution in [-0.2, 0) is 4.74 Å². The number of amides is 1. The Bertz CT molecular complexity index is 714. The fourth-order valence-corrected chi connectivity index (χ4v) is 3.67. The molecule has 0 saturated carbocycles. The summed E-state index contributed by atoms with van der Waals surface area (Å²) in [4.78, 5) is 18.7. The molecule has 0 spiro atoms. The second kappa shape index (κ2) is 8.51. The molecule has 25 heavy (non-hydrogen) atoms. The molecule has 2 N–H and O–H groups in total. The van der Waals surface area contributed by atoms with E-state index in [9.17, 15) is 9.18 Å². The lowest BCUT2D eigenvalue weighted by Gasteiger charge is -2.31. The van der Waals surface area contributed by atoms with Gasteiger partial charge in [0.2, 0.25) is 0 Å². The molecule has 0 aliphatic carbocycles. The zero-order chi connectivity index (χ0) is 17.6. The van der Waals surface area contributed by atoms with E-state index in [1.54, 1.807) is 28.5 Å². The minimum Gasteiger partial charge on any atom is -0.378 e. The predicted octanol–water partition coefficient (Wildman–Crippen LogP) is 2.92. The Labute approximate surface area is 150 Å². The van der Waals surface area contributed by atoms with E-state index >= 15 is 0 Å². The van der Waals surface area contributed by atoms with Crippen LogP contribution in [0.4, 0.5) is 4.39 Å². The standard InChI is InChI=1S/C18H22FN3O2S/c19-15-5-2-1-4-14(15)17-21-16(12-25-17)18(23)22-9-6-13(7-10-22)24-11-3-8-20/h1-2,4-5,12-13H,3,6-11,20H2. The van der Waals surface area contributed by atoms with E-state index < -0.39 is 0 Å². The van der Waals surface area contributed by atoms with Crippen molar-refractivity contribution in [2.45, 2.75) is 25.4 Å². The lowest BCUT2D eigenvalue weighted by molar-refractivity contribution is 0.00831. The molecule has 1 aliphatic heterocycles. The Morgan fingerprint density at radius 2 is 2.12 bits per heavy atom. The van der Waals surface area contributed by atoms with Crippen LogP contribution >= 0.6 is 11.3 Å². The van der Waals surface area contributed by atoms with Gasteiger partial charge >= 0.3 is 0 Å². The molecule has 2 heterocycles. The SMILES string of the molecule is NCCCOC1CCN(C(=O)c2csc(-c3ccccc3F)n2)CC1. The molecule has 1 aliphatic rings. The largest absolute Gasteiger partial charge is 0.378 e. The average Bonchev–Trinajstić information content (AvgIpc) is 3.12. The Morgan fingerprint density at radius 1 is 1.36 bits per heavy atom. The van der Waals surface area contributed by atoms with Crippen molar-refractivity contribution in [1.82, 2.24) is 9.88 Å². The summed E-state index contributed by atoms with van der Waals surface area (Å²) in [5, 5.41) is 2.23. The highest BCUT2D eigenvalue weighted by atomic mass is 32.1. The Kier molecular flexibility index (Phi) is 6.12. The molecule has 0 bridgehead atoms. The summed E-state index contributed by atoms with van der Waals surface area (Å²) in [6.07, 6.45) is 2.69. The molecule has 7 heteroatoms. The second-order valence-corrected chi connectivity index (χ2v) is 6.88. The fourth-order valence-electron chi connectivity index (χ4n) is 2.85. The number of benzene rings is 1. The van der Waals surface area contributed by atoms with E-state index in [1.807, 2.05) is 0 Å². The van der Waals surface area contributed by atoms with Crippen molar-refractivity contribution in [3.8, 4) is 10.6 Å². The van der Waals surface area contributed by atoms with Gasteiger partial charge in [0.25, 0.3) is 5.91 Å². The van der Waals surface area contributed by atoms with Gasteiger partial charge in [-0.15, -0.1) is 11.3 Å². The molecule has 1 aromatic heterocycles. The number of aromatic nitrogens is 1. The van der Waals surface area contributed by atoms with Gasteiger partial charge < -0.3 is 15.4 Å². The lowest BCUT2D eigenvalue weighted by Crippen LogP contribution is -2.41. The van der Waals surface area contributed by atoms with Crippen molar-refractivity contribution in [3.05, 3.63) is 41.2 Å². The molecule has 1 fully saturated rings. The van der Waals surface area contributed by atoms with E-state index in [4.69, 9.17) is 10.5 Å². The Hall–Kier alpha value is -1.83. The van der Waals surface area contributed by atoms with E-state index in [1.165, 1.54) is 17.4 Å². The second-order valence-electron chi connectivity index (χ2n) is 6.02. The van der Waals surface area contributed by atoms with Gasteiger partial charge in [-0.3, -0.25) is 4.79 Å². The summed E-state index contributed by atoms with van der Waals surface area (Å²) >= 11 is 1.29. The number of hydrogen-bond donors (Lipinski definition) is 1. The predicted molar refractivity (Wildman–Crippen MR) is 96.1 cm³/mol. The van der Waals surface area contributed by atoms with Crippen LogP contribution in [-0.4, -0.2) is 48.1 Å². The molecule has 5 nitrogen and oxygen atoms in total. The maximum Gasteiger partial charge on any atom is 0.273 e. The zero-order valence-corrected chi connectivity index (χ0v) is 14.8. The minimum absolute atomic E-state index is 0.0979. The molecule has 0 unspecified atom stereocenters. The maximum atomic E-state index is 13.9. The first-order valence-corrected chi connectivity index (χ1v) is 9.38. The van der Waals surface area contributed by atoms with Crippen molar-refractivity contribution < 1.29 is 13.9 Å². The molecule has 1 saturated heterocycles. The third-order valence-corrected chi connectivity index (χ3v) is 5.13. The zero-order valence-electron chi connectivity index (χ0n) is 14.0. The summed E-state index contributed by atoms with van der Waals surface area (Å²) in [6.45, 7) is 2.61. The number of hydrogen-bond acceptors (Lipinski definition) is 5. The van der Waals surface area contributed by atoms with Crippen molar-refractivity contribution in [2.24, 2.45) is 5.73 Å². The molecule has 1 amide bonds. The number of piperidine rings is 1. The summed E-state index contributed by atoms with van der Waals surface area (Å²) < 4.78 is 19.6. The quantitative estimate of drug-likeness (QED) is 0.801. The first-order valence-electron chi connectivity index (χ1n) is 8.50. The van der Waals surface area contributed by atoms with Crippen molar-refractivity contribution in [1.29, 1.82) is 0 Å². The van der Waals surface area contributed by atoms with Crippen LogP contribution in [0, 0.1) is 5.82 Å². The lowest BCUT2D eigenvalue weighted by atomic mass is 10.1. The number of likely N-dealkylation sites (tertiary alicyclic amines) is 1. The normalized spacial score (nSPS) is 15.5. The molecule has 0 radical (unpaired) electrons. The number of carbonyl (C=O) groups excluding carboxylic acids is 1. The van der Waals surface area contributed by atoms with Gasteiger partial charge in [0.05, 0.1) is 6.10 Å². The highest BCUT2D eigenvalue weighted by Crippen LogP contribution is 2.27. The first kappa shape index (κ1) is 18.0. The van der Waals surface area contributed by atoms with Crippen molar-refractivity contribution in [2.75, 3.05) is 26.2 Å². The molecular weight excluding hydrogens is 341 g/mol. The summed E-state index contributed by atoms with van der Waals surface area (Å²) in [6, 6.07) is 6.47. The Morgan fingerprint density at radius 3 is 2.84 bits per heavy atom. The van der Waals surface area contributed by atoms with Gasteiger partial charge in [-0.2, -0.15) is 0 Å². The van der Waals surface area contributed by atoms with Crippen molar-refractivity contribution in [3.63, 3.8) is 0 Å². The molecule has 134 valence electrons. The minimum atomic E-state index is -0.328. The topological polar surface area (TPSA) is 68.5 Å². The first-order chi connectivity index (χ1) is 12.2. The molecule has 2 aromatic rings. The van der Waals surface area contributed by atoms with Crippen LogP contribution in [0.1, 0.15) is 29.8 Å². The van der Waals surface area contributed by atoms with Gasteiger partial charge in [0.1, 0.15) is 16.5 Å². The monoisotopic (exact) mass is 363 g/mol. The number of carbonyl (C=O) groups is 1. The number of rotatable bonds is 6. The Balaban J connectivity index is 1.59. The smallest absolute Gasteiger partial charge is 0.273 e. The third kappa shape index (κ3) is 4.42. The van der Waals surface area contributed by atoms with Crippen LogP contribution in [0.5, 0.6) is 0 Å². The van der Waals surface area contributed by atoms with E-state index in [-0.39, 0.29) is 17.8 Å². The summed E-state index contributed by atoms with van der Waals surface area (Å²) in [7, 11) is 0. The van der Waals surface area contributed by atoms with Crippen molar-refractivity contribution >= 4 is 17.2 Å². The molecule has 3 rings (SSSR count). The molecule has 1 aromatic carbocycles. The molecule has 0 atom stereocenters. The number of nitrogens with two attached hydrogens (primary N) is 1. The summed E-state index contributed by atoms with van der Waals surface area (Å²) in [5.41, 5.74) is 6.27. The maximum absolute atomic E-state index is 13.9. The number of nitrogens with zero attached hydrogens (tertiary/aromatic N) is 2. The number of thiazole rings is 1. The van der Waals surface area contributed by atoms with E-state index in [0.29, 0.717) is 42.5 Å². The number of halogens is 1. The van der Waals surface area contributed by atoms with E-state index in [0.717, 1.165) is 19.3 Å². The fraction of sp³-hybridized carbons (Fsp3) is 0.444. The van der Waals surface area contributed by atoms with Crippen LogP contribution in [0.25, 0.3) is 10.6 Å². The van der Waals surface area contributed by atoms with Crippen LogP contribution in [0.3, 0.4) is 0 Å². The summed E-state index contributed by atoms with van der Waals surface area (Å²) in [5.74, 6) is -0.425. The van der Waals surface area contributed by atoms with Crippen LogP contribution < -0.4 is 5.73 Å². The number of ether oxygens (including phenoxy) is 1. The van der Waals surface area contributed by atoms with Gasteiger partial charge in [0.15, 0.2) is 0 Å². The highest BCUT2D eigenvalue weighted by Gasteiger charge is 2.25. The van der Waals surface area contributed by atoms with Gasteiger partial charge in [0, 0.05) is 30.6 Å². The van der Waals surface area contributed by atoms with Gasteiger partial charge in [-0.25, -0.2) is 9.37 Å². The highest BCUT2D eigenvalue weighted by molar-refractivity contribution is 7.13.